The van der Waals surface area contributed by atoms with Crippen molar-refractivity contribution in [3.63, 3.8) is 0 Å². The summed E-state index contributed by atoms with van der Waals surface area (Å²) in [6.45, 7) is 3.36. The molecule has 13 heavy (non-hydrogen) atoms. The highest BCUT2D eigenvalue weighted by atomic mass is 15.0. The molecule has 0 spiro atoms. The molecule has 0 unspecified atom stereocenters. The van der Waals surface area contributed by atoms with Gasteiger partial charge in [0.2, 0.25) is 0 Å². The molecule has 1 fully saturated rings. The molecule has 1 aliphatic rings. The highest BCUT2D eigenvalue weighted by Crippen LogP contribution is 2.39. The van der Waals surface area contributed by atoms with Crippen LogP contribution in [0.1, 0.15) is 26.2 Å². The molecule has 3 nitrogen and oxygen atoms in total. The molecular weight excluding hydrogens is 162 g/mol. The second-order valence-electron chi connectivity index (χ2n) is 4.11. The van der Waals surface area contributed by atoms with Gasteiger partial charge in [-0.1, -0.05) is 13.3 Å². The van der Waals surface area contributed by atoms with Crippen molar-refractivity contribution in [3.8, 4) is 0 Å². The first-order valence-corrected chi connectivity index (χ1v) is 4.78. The Balaban J connectivity index is 1.86. The van der Waals surface area contributed by atoms with Crippen LogP contribution in [0.15, 0.2) is 18.6 Å². The first-order chi connectivity index (χ1) is 6.29. The van der Waals surface area contributed by atoms with Gasteiger partial charge in [0.15, 0.2) is 0 Å². The zero-order chi connectivity index (χ0) is 9.15. The Labute approximate surface area is 78.6 Å². The molecule has 0 amide bonds. The quantitative estimate of drug-likeness (QED) is 0.768. The molecule has 3 heteroatoms. The van der Waals surface area contributed by atoms with Crippen LogP contribution >= 0.6 is 0 Å². The van der Waals surface area contributed by atoms with Crippen molar-refractivity contribution in [2.45, 2.75) is 26.2 Å². The van der Waals surface area contributed by atoms with Crippen LogP contribution in [0.2, 0.25) is 0 Å². The van der Waals surface area contributed by atoms with Gasteiger partial charge in [-0.3, -0.25) is 0 Å². The highest BCUT2D eigenvalue weighted by molar-refractivity contribution is 5.31. The lowest BCUT2D eigenvalue weighted by Gasteiger charge is -2.38. The molecule has 0 aromatic carbocycles. The smallest absolute Gasteiger partial charge is 0.129 e. The van der Waals surface area contributed by atoms with E-state index in [0.717, 1.165) is 12.4 Å². The normalized spacial score (nSPS) is 19.2. The first-order valence-electron chi connectivity index (χ1n) is 4.78. The zero-order valence-electron chi connectivity index (χ0n) is 7.95. The van der Waals surface area contributed by atoms with Crippen molar-refractivity contribution in [1.29, 1.82) is 0 Å². The molecular formula is C10H15N3. The van der Waals surface area contributed by atoms with Gasteiger partial charge in [0, 0.05) is 12.7 Å². The van der Waals surface area contributed by atoms with E-state index in [4.69, 9.17) is 0 Å². The molecule has 0 atom stereocenters. The molecule has 2 rings (SSSR count). The topological polar surface area (TPSA) is 37.8 Å². The molecule has 1 aromatic heterocycles. The van der Waals surface area contributed by atoms with Crippen molar-refractivity contribution in [2.75, 3.05) is 11.9 Å². The Morgan fingerprint density at radius 2 is 2.38 bits per heavy atom. The fourth-order valence-corrected chi connectivity index (χ4v) is 1.66. The van der Waals surface area contributed by atoms with E-state index in [1.807, 2.05) is 6.07 Å². The summed E-state index contributed by atoms with van der Waals surface area (Å²) in [5.74, 6) is 0.933. The minimum atomic E-state index is 0.505. The minimum absolute atomic E-state index is 0.505. The van der Waals surface area contributed by atoms with Crippen LogP contribution in [0.5, 0.6) is 0 Å². The van der Waals surface area contributed by atoms with Gasteiger partial charge in [0.05, 0.1) is 0 Å². The summed E-state index contributed by atoms with van der Waals surface area (Å²) in [4.78, 5) is 7.99. The largest absolute Gasteiger partial charge is 0.369 e. The third-order valence-corrected chi connectivity index (χ3v) is 2.84. The van der Waals surface area contributed by atoms with Crippen LogP contribution < -0.4 is 5.32 Å². The Hall–Kier alpha value is -1.12. The van der Waals surface area contributed by atoms with Gasteiger partial charge in [-0.15, -0.1) is 0 Å². The van der Waals surface area contributed by atoms with Crippen molar-refractivity contribution in [2.24, 2.45) is 5.41 Å². The molecule has 70 valence electrons. The second kappa shape index (κ2) is 3.32. The molecule has 1 heterocycles. The van der Waals surface area contributed by atoms with Gasteiger partial charge in [0.25, 0.3) is 0 Å². The van der Waals surface area contributed by atoms with E-state index in [9.17, 15) is 0 Å². The summed E-state index contributed by atoms with van der Waals surface area (Å²) in [7, 11) is 0. The highest BCUT2D eigenvalue weighted by Gasteiger charge is 2.31. The van der Waals surface area contributed by atoms with E-state index >= 15 is 0 Å². The van der Waals surface area contributed by atoms with Crippen LogP contribution in [-0.4, -0.2) is 16.5 Å². The maximum atomic E-state index is 4.12. The van der Waals surface area contributed by atoms with Crippen LogP contribution in [0.3, 0.4) is 0 Å². The fraction of sp³-hybridized carbons (Fsp3) is 0.600. The molecule has 0 radical (unpaired) electrons. The average molecular weight is 177 g/mol. The molecule has 1 N–H and O–H groups in total. The summed E-state index contributed by atoms with van der Waals surface area (Å²) in [6, 6.07) is 1.90. The van der Waals surface area contributed by atoms with Gasteiger partial charge >= 0.3 is 0 Å². The van der Waals surface area contributed by atoms with Gasteiger partial charge in [-0.25, -0.2) is 9.97 Å². The number of hydrogen-bond donors (Lipinski definition) is 1. The lowest BCUT2D eigenvalue weighted by atomic mass is 9.70. The van der Waals surface area contributed by atoms with Gasteiger partial charge in [-0.2, -0.15) is 0 Å². The van der Waals surface area contributed by atoms with Gasteiger partial charge < -0.3 is 5.32 Å². The van der Waals surface area contributed by atoms with Crippen LogP contribution in [0, 0.1) is 5.41 Å². The number of nitrogens with zero attached hydrogens (tertiary/aromatic N) is 2. The summed E-state index contributed by atoms with van der Waals surface area (Å²) < 4.78 is 0. The van der Waals surface area contributed by atoms with E-state index in [0.29, 0.717) is 5.41 Å². The summed E-state index contributed by atoms with van der Waals surface area (Å²) in [5.41, 5.74) is 0.505. The third-order valence-electron chi connectivity index (χ3n) is 2.84. The monoisotopic (exact) mass is 177 g/mol. The van der Waals surface area contributed by atoms with E-state index in [1.165, 1.54) is 19.3 Å². The van der Waals surface area contributed by atoms with Crippen molar-refractivity contribution >= 4 is 5.82 Å². The van der Waals surface area contributed by atoms with Crippen molar-refractivity contribution < 1.29 is 0 Å². The number of aromatic nitrogens is 2. The summed E-state index contributed by atoms with van der Waals surface area (Å²) in [6.07, 6.45) is 7.39. The number of rotatable bonds is 3. The SMILES string of the molecule is CC1(CNc2ccncn2)CCC1. The fourth-order valence-electron chi connectivity index (χ4n) is 1.66. The van der Waals surface area contributed by atoms with E-state index < -0.39 is 0 Å². The Bertz CT molecular complexity index is 267. The number of anilines is 1. The summed E-state index contributed by atoms with van der Waals surface area (Å²) in [5, 5.41) is 3.34. The average Bonchev–Trinajstić information content (AvgIpc) is 2.13. The third kappa shape index (κ3) is 1.97. The van der Waals surface area contributed by atoms with Crippen LogP contribution in [-0.2, 0) is 0 Å². The minimum Gasteiger partial charge on any atom is -0.369 e. The second-order valence-corrected chi connectivity index (χ2v) is 4.11. The van der Waals surface area contributed by atoms with Gasteiger partial charge in [0.1, 0.15) is 12.1 Å². The van der Waals surface area contributed by atoms with Crippen LogP contribution in [0.4, 0.5) is 5.82 Å². The number of hydrogen-bond acceptors (Lipinski definition) is 3. The Morgan fingerprint density at radius 3 is 2.92 bits per heavy atom. The maximum absolute atomic E-state index is 4.12. The van der Waals surface area contributed by atoms with Gasteiger partial charge in [-0.05, 0) is 24.3 Å². The van der Waals surface area contributed by atoms with E-state index in [2.05, 4.69) is 22.2 Å². The van der Waals surface area contributed by atoms with Crippen molar-refractivity contribution in [3.05, 3.63) is 18.6 Å². The molecule has 0 bridgehead atoms. The summed E-state index contributed by atoms with van der Waals surface area (Å²) >= 11 is 0. The van der Waals surface area contributed by atoms with E-state index in [1.54, 1.807) is 12.5 Å². The molecule has 0 aliphatic heterocycles. The molecule has 1 aliphatic carbocycles. The Morgan fingerprint density at radius 1 is 1.54 bits per heavy atom. The predicted molar refractivity (Wildman–Crippen MR) is 52.5 cm³/mol. The molecule has 0 saturated heterocycles. The lowest BCUT2D eigenvalue weighted by molar-refractivity contribution is 0.180. The van der Waals surface area contributed by atoms with Crippen LogP contribution in [0.25, 0.3) is 0 Å². The first kappa shape index (κ1) is 8.48. The molecule has 1 saturated carbocycles. The predicted octanol–water partition coefficient (Wildman–Crippen LogP) is 2.08. The maximum Gasteiger partial charge on any atom is 0.129 e. The van der Waals surface area contributed by atoms with E-state index in [-0.39, 0.29) is 0 Å². The standard InChI is InChI=1S/C10H15N3/c1-10(4-2-5-10)7-12-9-3-6-11-8-13-9/h3,6,8H,2,4-5,7H2,1H3,(H,11,12,13). The lowest BCUT2D eigenvalue weighted by Crippen LogP contribution is -2.33. The number of nitrogens with one attached hydrogen (secondary N) is 1. The molecule has 1 aromatic rings. The Kier molecular flexibility index (Phi) is 2.17. The van der Waals surface area contributed by atoms with Crippen molar-refractivity contribution in [1.82, 2.24) is 9.97 Å². The zero-order valence-corrected chi connectivity index (χ0v) is 7.95.